The summed E-state index contributed by atoms with van der Waals surface area (Å²) in [6.07, 6.45) is 1.46. The van der Waals surface area contributed by atoms with Crippen LogP contribution < -0.4 is 0 Å². The first kappa shape index (κ1) is 13.6. The van der Waals surface area contributed by atoms with E-state index < -0.39 is 5.97 Å². The minimum absolute atomic E-state index is 0.0658. The number of methoxy groups -OCH3 is 1. The molecular formula is C11H19N3O3. The number of rotatable bonds is 7. The van der Waals surface area contributed by atoms with Crippen molar-refractivity contribution in [3.8, 4) is 0 Å². The Morgan fingerprint density at radius 3 is 2.76 bits per heavy atom. The van der Waals surface area contributed by atoms with E-state index in [1.54, 1.807) is 11.8 Å². The zero-order valence-corrected chi connectivity index (χ0v) is 10.5. The fourth-order valence-electron chi connectivity index (χ4n) is 1.63. The summed E-state index contributed by atoms with van der Waals surface area (Å²) in [4.78, 5) is 11.0. The molecule has 1 rings (SSSR count). The van der Waals surface area contributed by atoms with Crippen molar-refractivity contribution in [3.05, 3.63) is 11.4 Å². The normalized spacial score (nSPS) is 11.1. The smallest absolute Gasteiger partial charge is 0.358 e. The van der Waals surface area contributed by atoms with E-state index in [1.165, 1.54) is 0 Å². The number of nitrogens with zero attached hydrogens (tertiary/aromatic N) is 3. The highest BCUT2D eigenvalue weighted by molar-refractivity contribution is 5.86. The largest absolute Gasteiger partial charge is 0.476 e. The molecule has 0 amide bonds. The molecule has 0 radical (unpaired) electrons. The molecule has 1 heterocycles. The second-order valence-corrected chi connectivity index (χ2v) is 4.36. The van der Waals surface area contributed by atoms with E-state index in [0.29, 0.717) is 31.2 Å². The Balaban J connectivity index is 2.84. The van der Waals surface area contributed by atoms with Gasteiger partial charge in [-0.05, 0) is 18.8 Å². The second-order valence-electron chi connectivity index (χ2n) is 4.36. The Bertz CT molecular complexity index is 374. The predicted octanol–water partition coefficient (Wildman–Crippen LogP) is 1.21. The van der Waals surface area contributed by atoms with Crippen molar-refractivity contribution in [2.24, 2.45) is 5.92 Å². The van der Waals surface area contributed by atoms with Crippen LogP contribution in [0.25, 0.3) is 0 Å². The molecule has 0 unspecified atom stereocenters. The molecule has 0 fully saturated rings. The summed E-state index contributed by atoms with van der Waals surface area (Å²) in [6, 6.07) is 0. The molecular weight excluding hydrogens is 222 g/mol. The Labute approximate surface area is 101 Å². The second kappa shape index (κ2) is 6.34. The van der Waals surface area contributed by atoms with Crippen LogP contribution in [0.5, 0.6) is 0 Å². The van der Waals surface area contributed by atoms with Gasteiger partial charge in [-0.2, -0.15) is 0 Å². The quantitative estimate of drug-likeness (QED) is 0.726. The topological polar surface area (TPSA) is 77.2 Å². The lowest BCUT2D eigenvalue weighted by molar-refractivity contribution is 0.0689. The van der Waals surface area contributed by atoms with Crippen molar-refractivity contribution in [1.82, 2.24) is 15.0 Å². The summed E-state index contributed by atoms with van der Waals surface area (Å²) in [5.74, 6) is -0.647. The molecule has 0 atom stereocenters. The van der Waals surface area contributed by atoms with Gasteiger partial charge in [-0.3, -0.25) is 0 Å². The van der Waals surface area contributed by atoms with E-state index >= 15 is 0 Å². The lowest BCUT2D eigenvalue weighted by Gasteiger charge is -2.08. The molecule has 17 heavy (non-hydrogen) atoms. The molecule has 0 aromatic carbocycles. The van der Waals surface area contributed by atoms with Gasteiger partial charge in [0.15, 0.2) is 5.69 Å². The van der Waals surface area contributed by atoms with Gasteiger partial charge in [-0.25, -0.2) is 9.48 Å². The minimum Gasteiger partial charge on any atom is -0.476 e. The van der Waals surface area contributed by atoms with Crippen molar-refractivity contribution in [2.75, 3.05) is 13.7 Å². The van der Waals surface area contributed by atoms with E-state index in [1.807, 2.05) is 13.8 Å². The summed E-state index contributed by atoms with van der Waals surface area (Å²) in [5.41, 5.74) is 0.764. The third-order valence-electron chi connectivity index (χ3n) is 2.36. The Morgan fingerprint density at radius 2 is 2.24 bits per heavy atom. The molecule has 1 aromatic rings. The van der Waals surface area contributed by atoms with Crippen LogP contribution in [0.15, 0.2) is 0 Å². The van der Waals surface area contributed by atoms with Crippen molar-refractivity contribution >= 4 is 5.97 Å². The fourth-order valence-corrected chi connectivity index (χ4v) is 1.63. The molecule has 1 aromatic heterocycles. The van der Waals surface area contributed by atoms with Crippen molar-refractivity contribution in [3.63, 3.8) is 0 Å². The maximum absolute atomic E-state index is 11.0. The highest BCUT2D eigenvalue weighted by Crippen LogP contribution is 2.12. The maximum Gasteiger partial charge on any atom is 0.358 e. The van der Waals surface area contributed by atoms with E-state index in [0.717, 1.165) is 6.42 Å². The molecule has 0 spiro atoms. The van der Waals surface area contributed by atoms with Gasteiger partial charge in [0.1, 0.15) is 0 Å². The van der Waals surface area contributed by atoms with E-state index in [2.05, 4.69) is 10.3 Å². The summed E-state index contributed by atoms with van der Waals surface area (Å²) in [6.45, 7) is 5.34. The monoisotopic (exact) mass is 241 g/mol. The van der Waals surface area contributed by atoms with Gasteiger partial charge in [0.25, 0.3) is 0 Å². The van der Waals surface area contributed by atoms with Gasteiger partial charge in [-0.15, -0.1) is 5.10 Å². The standard InChI is InChI=1S/C11H19N3O3/c1-8(2)7-9-10(11(15)16)12-13-14(9)5-4-6-17-3/h8H,4-7H2,1-3H3,(H,15,16). The molecule has 0 aliphatic carbocycles. The van der Waals surface area contributed by atoms with Crippen LogP contribution in [0.1, 0.15) is 36.5 Å². The lowest BCUT2D eigenvalue weighted by Crippen LogP contribution is -2.12. The highest BCUT2D eigenvalue weighted by atomic mass is 16.5. The van der Waals surface area contributed by atoms with Crippen LogP contribution in [-0.2, 0) is 17.7 Å². The third kappa shape index (κ3) is 3.81. The Hall–Kier alpha value is -1.43. The maximum atomic E-state index is 11.0. The van der Waals surface area contributed by atoms with Gasteiger partial charge < -0.3 is 9.84 Å². The number of aryl methyl sites for hydroxylation is 1. The number of carbonyl (C=O) groups is 1. The van der Waals surface area contributed by atoms with Gasteiger partial charge >= 0.3 is 5.97 Å². The number of hydrogen-bond donors (Lipinski definition) is 1. The summed E-state index contributed by atoms with van der Waals surface area (Å²) < 4.78 is 6.63. The average molecular weight is 241 g/mol. The number of hydrogen-bond acceptors (Lipinski definition) is 4. The fraction of sp³-hybridized carbons (Fsp3) is 0.727. The molecule has 0 bridgehead atoms. The van der Waals surface area contributed by atoms with Gasteiger partial charge in [0, 0.05) is 20.3 Å². The first-order valence-electron chi connectivity index (χ1n) is 5.70. The molecule has 6 heteroatoms. The molecule has 0 saturated heterocycles. The van der Waals surface area contributed by atoms with E-state index in [9.17, 15) is 4.79 Å². The number of carboxylic acid groups (broad SMARTS) is 1. The van der Waals surface area contributed by atoms with Crippen LogP contribution in [-0.4, -0.2) is 39.8 Å². The number of ether oxygens (including phenoxy) is 1. The molecule has 6 nitrogen and oxygen atoms in total. The van der Waals surface area contributed by atoms with Gasteiger partial charge in [-0.1, -0.05) is 19.1 Å². The summed E-state index contributed by atoms with van der Waals surface area (Å²) in [5, 5.41) is 16.6. The van der Waals surface area contributed by atoms with Crippen molar-refractivity contribution in [1.29, 1.82) is 0 Å². The third-order valence-corrected chi connectivity index (χ3v) is 2.36. The van der Waals surface area contributed by atoms with Crippen LogP contribution >= 0.6 is 0 Å². The van der Waals surface area contributed by atoms with E-state index in [-0.39, 0.29) is 5.69 Å². The SMILES string of the molecule is COCCCn1nnc(C(=O)O)c1CC(C)C. The number of carboxylic acids is 1. The average Bonchev–Trinajstić information content (AvgIpc) is 2.61. The van der Waals surface area contributed by atoms with E-state index in [4.69, 9.17) is 9.84 Å². The van der Waals surface area contributed by atoms with Crippen molar-refractivity contribution in [2.45, 2.75) is 33.2 Å². The summed E-state index contributed by atoms with van der Waals surface area (Å²) in [7, 11) is 1.64. The number of aromatic carboxylic acids is 1. The molecule has 0 aliphatic rings. The molecule has 96 valence electrons. The Kier molecular flexibility index (Phi) is 5.09. The lowest BCUT2D eigenvalue weighted by atomic mass is 10.1. The zero-order valence-electron chi connectivity index (χ0n) is 10.5. The highest BCUT2D eigenvalue weighted by Gasteiger charge is 2.19. The van der Waals surface area contributed by atoms with Crippen LogP contribution in [0.2, 0.25) is 0 Å². The minimum atomic E-state index is -1.02. The van der Waals surface area contributed by atoms with Crippen molar-refractivity contribution < 1.29 is 14.6 Å². The number of aromatic nitrogens is 3. The first-order chi connectivity index (χ1) is 8.06. The van der Waals surface area contributed by atoms with Crippen LogP contribution in [0.3, 0.4) is 0 Å². The van der Waals surface area contributed by atoms with Gasteiger partial charge in [0.2, 0.25) is 0 Å². The molecule has 0 saturated carbocycles. The van der Waals surface area contributed by atoms with Gasteiger partial charge in [0.05, 0.1) is 5.69 Å². The Morgan fingerprint density at radius 1 is 1.53 bits per heavy atom. The van der Waals surface area contributed by atoms with Crippen LogP contribution in [0, 0.1) is 5.92 Å². The zero-order chi connectivity index (χ0) is 12.8. The van der Waals surface area contributed by atoms with Crippen LogP contribution in [0.4, 0.5) is 0 Å². The summed E-state index contributed by atoms with van der Waals surface area (Å²) >= 11 is 0. The predicted molar refractivity (Wildman–Crippen MR) is 62.0 cm³/mol. The first-order valence-corrected chi connectivity index (χ1v) is 5.70. The molecule has 0 aliphatic heterocycles. The molecule has 1 N–H and O–H groups in total.